The highest BCUT2D eigenvalue weighted by molar-refractivity contribution is 5.25. The van der Waals surface area contributed by atoms with Crippen molar-refractivity contribution in [3.63, 3.8) is 0 Å². The first-order valence-electron chi connectivity index (χ1n) is 5.36. The van der Waals surface area contributed by atoms with Crippen LogP contribution in [0.2, 0.25) is 0 Å². The maximum Gasteiger partial charge on any atom is 0.0515 e. The largest absolute Gasteiger partial charge is 0.393 e. The molecule has 0 bridgehead atoms. The van der Waals surface area contributed by atoms with Crippen LogP contribution in [0.25, 0.3) is 0 Å². The molecule has 1 rings (SSSR count). The summed E-state index contributed by atoms with van der Waals surface area (Å²) in [4.78, 5) is 0. The summed E-state index contributed by atoms with van der Waals surface area (Å²) in [6.45, 7) is 6.24. The molecule has 0 fully saturated rings. The van der Waals surface area contributed by atoms with Gasteiger partial charge in [-0.05, 0) is 36.8 Å². The predicted molar refractivity (Wildman–Crippen MR) is 60.5 cm³/mol. The lowest BCUT2D eigenvalue weighted by atomic mass is 9.98. The topological polar surface area (TPSA) is 20.2 Å². The van der Waals surface area contributed by atoms with Crippen LogP contribution in [0.1, 0.15) is 44.2 Å². The van der Waals surface area contributed by atoms with E-state index in [0.29, 0.717) is 5.92 Å². The molecule has 0 aliphatic rings. The van der Waals surface area contributed by atoms with Crippen molar-refractivity contribution in [3.05, 3.63) is 35.4 Å². The smallest absolute Gasteiger partial charge is 0.0515 e. The Morgan fingerprint density at radius 2 is 1.93 bits per heavy atom. The highest BCUT2D eigenvalue weighted by Gasteiger charge is 2.01. The van der Waals surface area contributed by atoms with Crippen LogP contribution < -0.4 is 0 Å². The zero-order chi connectivity index (χ0) is 10.6. The summed E-state index contributed by atoms with van der Waals surface area (Å²) in [7, 11) is 0. The summed E-state index contributed by atoms with van der Waals surface area (Å²) >= 11 is 0. The van der Waals surface area contributed by atoms with Crippen molar-refractivity contribution in [1.29, 1.82) is 0 Å². The molecule has 78 valence electrons. The molecule has 1 aromatic rings. The molecule has 0 aliphatic heterocycles. The van der Waals surface area contributed by atoms with Gasteiger partial charge in [-0.25, -0.2) is 0 Å². The van der Waals surface area contributed by atoms with E-state index in [1.165, 1.54) is 11.1 Å². The summed E-state index contributed by atoms with van der Waals surface area (Å²) in [6, 6.07) is 8.64. The fourth-order valence-electron chi connectivity index (χ4n) is 1.48. The molecule has 0 aliphatic carbocycles. The maximum absolute atomic E-state index is 9.19. The van der Waals surface area contributed by atoms with Crippen molar-refractivity contribution >= 4 is 0 Å². The van der Waals surface area contributed by atoms with E-state index in [-0.39, 0.29) is 6.10 Å². The van der Waals surface area contributed by atoms with Crippen LogP contribution >= 0.6 is 0 Å². The third-order valence-corrected chi connectivity index (χ3v) is 2.47. The Morgan fingerprint density at radius 1 is 1.21 bits per heavy atom. The first kappa shape index (κ1) is 11.3. The van der Waals surface area contributed by atoms with Gasteiger partial charge in [0.1, 0.15) is 0 Å². The minimum atomic E-state index is -0.197. The molecular weight excluding hydrogens is 172 g/mol. The van der Waals surface area contributed by atoms with Gasteiger partial charge in [0.15, 0.2) is 0 Å². The summed E-state index contributed by atoms with van der Waals surface area (Å²) in [5.74, 6) is 0.585. The van der Waals surface area contributed by atoms with Gasteiger partial charge in [-0.3, -0.25) is 0 Å². The Hall–Kier alpha value is -0.820. The molecule has 0 heterocycles. The Balaban J connectivity index is 2.64. The van der Waals surface area contributed by atoms with Gasteiger partial charge in [0.25, 0.3) is 0 Å². The van der Waals surface area contributed by atoms with Crippen LogP contribution in [0.5, 0.6) is 0 Å². The van der Waals surface area contributed by atoms with E-state index >= 15 is 0 Å². The molecule has 0 amide bonds. The lowest BCUT2D eigenvalue weighted by Crippen LogP contribution is -2.01. The fourth-order valence-corrected chi connectivity index (χ4v) is 1.48. The van der Waals surface area contributed by atoms with Gasteiger partial charge in [0, 0.05) is 0 Å². The SMILES string of the molecule is CC(C)c1cccc(CC[C@@H](C)O)c1. The second-order valence-corrected chi connectivity index (χ2v) is 4.29. The molecule has 1 aromatic carbocycles. The third-order valence-electron chi connectivity index (χ3n) is 2.47. The molecule has 0 aromatic heterocycles. The minimum absolute atomic E-state index is 0.197. The molecule has 14 heavy (non-hydrogen) atoms. The van der Waals surface area contributed by atoms with E-state index in [1.807, 2.05) is 6.92 Å². The van der Waals surface area contributed by atoms with E-state index in [1.54, 1.807) is 0 Å². The molecule has 0 saturated heterocycles. The number of rotatable bonds is 4. The lowest BCUT2D eigenvalue weighted by Gasteiger charge is -2.08. The van der Waals surface area contributed by atoms with Crippen LogP contribution in [-0.4, -0.2) is 11.2 Å². The normalized spacial score (nSPS) is 13.2. The number of aliphatic hydroxyl groups is 1. The molecule has 0 spiro atoms. The molecule has 1 N–H and O–H groups in total. The summed E-state index contributed by atoms with van der Waals surface area (Å²) in [5.41, 5.74) is 2.71. The van der Waals surface area contributed by atoms with Crippen LogP contribution in [0, 0.1) is 0 Å². The van der Waals surface area contributed by atoms with Crippen molar-refractivity contribution in [2.24, 2.45) is 0 Å². The van der Waals surface area contributed by atoms with Gasteiger partial charge in [0.2, 0.25) is 0 Å². The summed E-state index contributed by atoms with van der Waals surface area (Å²) < 4.78 is 0. The first-order valence-corrected chi connectivity index (χ1v) is 5.36. The van der Waals surface area contributed by atoms with Crippen LogP contribution in [-0.2, 0) is 6.42 Å². The number of aryl methyl sites for hydroxylation is 1. The molecule has 1 atom stereocenters. The molecule has 0 unspecified atom stereocenters. The van der Waals surface area contributed by atoms with Crippen LogP contribution in [0.3, 0.4) is 0 Å². The Bertz CT molecular complexity index is 276. The minimum Gasteiger partial charge on any atom is -0.393 e. The monoisotopic (exact) mass is 192 g/mol. The van der Waals surface area contributed by atoms with E-state index in [2.05, 4.69) is 38.1 Å². The fraction of sp³-hybridized carbons (Fsp3) is 0.538. The molecule has 1 heteroatoms. The number of benzene rings is 1. The number of hydrogen-bond donors (Lipinski definition) is 1. The molecule has 0 radical (unpaired) electrons. The zero-order valence-electron chi connectivity index (χ0n) is 9.33. The molecular formula is C13H20O. The Kier molecular flexibility index (Phi) is 4.15. The van der Waals surface area contributed by atoms with E-state index in [0.717, 1.165) is 12.8 Å². The van der Waals surface area contributed by atoms with E-state index < -0.39 is 0 Å². The Labute approximate surface area is 86.8 Å². The zero-order valence-corrected chi connectivity index (χ0v) is 9.33. The van der Waals surface area contributed by atoms with Crippen molar-refractivity contribution < 1.29 is 5.11 Å². The Morgan fingerprint density at radius 3 is 2.50 bits per heavy atom. The predicted octanol–water partition coefficient (Wildman–Crippen LogP) is 3.12. The van der Waals surface area contributed by atoms with Crippen molar-refractivity contribution in [2.75, 3.05) is 0 Å². The van der Waals surface area contributed by atoms with Crippen LogP contribution in [0.15, 0.2) is 24.3 Å². The molecule has 0 saturated carbocycles. The van der Waals surface area contributed by atoms with Crippen molar-refractivity contribution in [2.45, 2.75) is 45.6 Å². The number of hydrogen-bond acceptors (Lipinski definition) is 1. The number of aliphatic hydroxyl groups excluding tert-OH is 1. The quantitative estimate of drug-likeness (QED) is 0.777. The highest BCUT2D eigenvalue weighted by atomic mass is 16.3. The maximum atomic E-state index is 9.19. The molecule has 1 nitrogen and oxygen atoms in total. The van der Waals surface area contributed by atoms with Gasteiger partial charge in [-0.1, -0.05) is 38.1 Å². The van der Waals surface area contributed by atoms with Crippen molar-refractivity contribution in [1.82, 2.24) is 0 Å². The highest BCUT2D eigenvalue weighted by Crippen LogP contribution is 2.16. The average molecular weight is 192 g/mol. The lowest BCUT2D eigenvalue weighted by molar-refractivity contribution is 0.185. The first-order chi connectivity index (χ1) is 6.59. The van der Waals surface area contributed by atoms with Gasteiger partial charge in [-0.15, -0.1) is 0 Å². The summed E-state index contributed by atoms with van der Waals surface area (Å²) in [5, 5.41) is 9.19. The van der Waals surface area contributed by atoms with Crippen molar-refractivity contribution in [3.8, 4) is 0 Å². The van der Waals surface area contributed by atoms with Gasteiger partial charge < -0.3 is 5.11 Å². The van der Waals surface area contributed by atoms with E-state index in [9.17, 15) is 5.11 Å². The van der Waals surface area contributed by atoms with Gasteiger partial charge in [-0.2, -0.15) is 0 Å². The third kappa shape index (κ3) is 3.51. The van der Waals surface area contributed by atoms with Gasteiger partial charge >= 0.3 is 0 Å². The average Bonchev–Trinajstić information content (AvgIpc) is 2.15. The summed E-state index contributed by atoms with van der Waals surface area (Å²) in [6.07, 6.45) is 1.62. The van der Waals surface area contributed by atoms with Gasteiger partial charge in [0.05, 0.1) is 6.10 Å². The van der Waals surface area contributed by atoms with E-state index in [4.69, 9.17) is 0 Å². The van der Waals surface area contributed by atoms with Crippen LogP contribution in [0.4, 0.5) is 0 Å². The second kappa shape index (κ2) is 5.16. The standard InChI is InChI=1S/C13H20O/c1-10(2)13-6-4-5-12(9-13)8-7-11(3)14/h4-6,9-11,14H,7-8H2,1-3H3/t11-/m1/s1. The second-order valence-electron chi connectivity index (χ2n) is 4.29.